The summed E-state index contributed by atoms with van der Waals surface area (Å²) in [6, 6.07) is 7.35. The van der Waals surface area contributed by atoms with Crippen LogP contribution in [0.5, 0.6) is 5.75 Å². The van der Waals surface area contributed by atoms with Crippen LogP contribution >= 0.6 is 0 Å². The number of ether oxygens (including phenoxy) is 1. The molecule has 0 saturated heterocycles. The molecule has 1 atom stereocenters. The molecule has 0 saturated carbocycles. The molecular formula is C12H15N3O2. The van der Waals surface area contributed by atoms with Crippen LogP contribution in [0.2, 0.25) is 0 Å². The van der Waals surface area contributed by atoms with Crippen molar-refractivity contribution in [3.8, 4) is 5.75 Å². The Labute approximate surface area is 99.7 Å². The first-order valence-electron chi connectivity index (χ1n) is 5.40. The van der Waals surface area contributed by atoms with E-state index in [0.717, 1.165) is 17.1 Å². The van der Waals surface area contributed by atoms with Crippen molar-refractivity contribution in [3.05, 3.63) is 42.0 Å². The quantitative estimate of drug-likeness (QED) is 0.868. The first kappa shape index (κ1) is 11.6. The molecule has 0 bridgehead atoms. The third kappa shape index (κ3) is 2.82. The van der Waals surface area contributed by atoms with Gasteiger partial charge in [-0.1, -0.05) is 12.1 Å². The van der Waals surface area contributed by atoms with Gasteiger partial charge in [0.25, 0.3) is 0 Å². The number of rotatable bonds is 4. The molecule has 1 unspecified atom stereocenters. The number of benzene rings is 1. The molecule has 0 spiro atoms. The number of aryl methyl sites for hydroxylation is 1. The average Bonchev–Trinajstić information content (AvgIpc) is 2.73. The van der Waals surface area contributed by atoms with E-state index in [-0.39, 0.29) is 0 Å². The summed E-state index contributed by atoms with van der Waals surface area (Å²) in [6.45, 7) is 2.11. The van der Waals surface area contributed by atoms with Gasteiger partial charge in [0.15, 0.2) is 5.82 Å². The van der Waals surface area contributed by atoms with Crippen molar-refractivity contribution in [2.24, 2.45) is 7.05 Å². The monoisotopic (exact) mass is 233 g/mol. The third-order valence-corrected chi connectivity index (χ3v) is 2.54. The van der Waals surface area contributed by atoms with Crippen LogP contribution in [-0.4, -0.2) is 19.9 Å². The molecule has 5 heteroatoms. The van der Waals surface area contributed by atoms with E-state index in [2.05, 4.69) is 10.2 Å². The molecular weight excluding hydrogens is 218 g/mol. The standard InChI is InChI=1S/C12H15N3O2/c1-9(16)10-3-5-11(6-4-10)17-7-12-14-13-8-15(12)2/h3-6,8-9,16H,7H2,1-2H3. The Morgan fingerprint density at radius 1 is 1.35 bits per heavy atom. The molecule has 1 heterocycles. The lowest BCUT2D eigenvalue weighted by Gasteiger charge is -2.08. The number of nitrogens with zero attached hydrogens (tertiary/aromatic N) is 3. The van der Waals surface area contributed by atoms with Gasteiger partial charge in [0.2, 0.25) is 0 Å². The van der Waals surface area contributed by atoms with Gasteiger partial charge in [0.05, 0.1) is 6.10 Å². The molecule has 0 aliphatic carbocycles. The second-order valence-corrected chi connectivity index (χ2v) is 3.89. The van der Waals surface area contributed by atoms with Crippen molar-refractivity contribution in [3.63, 3.8) is 0 Å². The first-order chi connectivity index (χ1) is 8.16. The second kappa shape index (κ2) is 4.97. The van der Waals surface area contributed by atoms with Crippen LogP contribution in [0.25, 0.3) is 0 Å². The molecule has 0 aliphatic rings. The minimum absolute atomic E-state index is 0.379. The van der Waals surface area contributed by atoms with Crippen molar-refractivity contribution in [2.45, 2.75) is 19.6 Å². The summed E-state index contributed by atoms with van der Waals surface area (Å²) in [5.41, 5.74) is 0.871. The summed E-state index contributed by atoms with van der Waals surface area (Å²) >= 11 is 0. The highest BCUT2D eigenvalue weighted by atomic mass is 16.5. The van der Waals surface area contributed by atoms with E-state index in [1.807, 2.05) is 35.9 Å². The smallest absolute Gasteiger partial charge is 0.170 e. The summed E-state index contributed by atoms with van der Waals surface area (Å²) < 4.78 is 7.37. The van der Waals surface area contributed by atoms with Gasteiger partial charge in [-0.2, -0.15) is 0 Å². The van der Waals surface area contributed by atoms with Gasteiger partial charge in [-0.25, -0.2) is 0 Å². The maximum atomic E-state index is 9.37. The Kier molecular flexibility index (Phi) is 3.39. The molecule has 2 aromatic rings. The molecule has 2 rings (SSSR count). The van der Waals surface area contributed by atoms with Gasteiger partial charge >= 0.3 is 0 Å². The summed E-state index contributed by atoms with van der Waals surface area (Å²) in [5, 5.41) is 17.1. The molecule has 1 N–H and O–H groups in total. The molecule has 1 aromatic carbocycles. The molecule has 1 aromatic heterocycles. The summed E-state index contributed by atoms with van der Waals surface area (Å²) in [4.78, 5) is 0. The van der Waals surface area contributed by atoms with Gasteiger partial charge in [0.1, 0.15) is 18.7 Å². The van der Waals surface area contributed by atoms with Crippen LogP contribution in [0.1, 0.15) is 24.4 Å². The van der Waals surface area contributed by atoms with Gasteiger partial charge < -0.3 is 14.4 Å². The van der Waals surface area contributed by atoms with Gasteiger partial charge in [0, 0.05) is 7.05 Å². The number of aromatic nitrogens is 3. The van der Waals surface area contributed by atoms with Crippen LogP contribution in [-0.2, 0) is 13.7 Å². The number of aliphatic hydroxyl groups excluding tert-OH is 1. The van der Waals surface area contributed by atoms with E-state index in [1.54, 1.807) is 13.3 Å². The third-order valence-electron chi connectivity index (χ3n) is 2.54. The van der Waals surface area contributed by atoms with Crippen LogP contribution in [0.4, 0.5) is 0 Å². The lowest BCUT2D eigenvalue weighted by Crippen LogP contribution is -2.03. The molecule has 0 amide bonds. The van der Waals surface area contributed by atoms with Gasteiger partial charge in [-0.05, 0) is 24.6 Å². The van der Waals surface area contributed by atoms with E-state index in [4.69, 9.17) is 4.74 Å². The Hall–Kier alpha value is -1.88. The zero-order chi connectivity index (χ0) is 12.3. The maximum absolute atomic E-state index is 9.37. The van der Waals surface area contributed by atoms with Crippen molar-refractivity contribution < 1.29 is 9.84 Å². The SMILES string of the molecule is CC(O)c1ccc(OCc2nncn2C)cc1. The van der Waals surface area contributed by atoms with E-state index in [0.29, 0.717) is 6.61 Å². The fraction of sp³-hybridized carbons (Fsp3) is 0.333. The Morgan fingerprint density at radius 3 is 2.59 bits per heavy atom. The first-order valence-corrected chi connectivity index (χ1v) is 5.40. The minimum Gasteiger partial charge on any atom is -0.486 e. The Bertz CT molecular complexity index is 477. The van der Waals surface area contributed by atoms with Gasteiger partial charge in [-0.3, -0.25) is 0 Å². The Balaban J connectivity index is 1.98. The van der Waals surface area contributed by atoms with Crippen molar-refractivity contribution in [1.29, 1.82) is 0 Å². The second-order valence-electron chi connectivity index (χ2n) is 3.89. The fourth-order valence-corrected chi connectivity index (χ4v) is 1.43. The highest BCUT2D eigenvalue weighted by molar-refractivity contribution is 5.28. The molecule has 90 valence electrons. The molecule has 17 heavy (non-hydrogen) atoms. The van der Waals surface area contributed by atoms with Crippen LogP contribution < -0.4 is 4.74 Å². The molecule has 0 aliphatic heterocycles. The van der Waals surface area contributed by atoms with Crippen LogP contribution in [0.15, 0.2) is 30.6 Å². The van der Waals surface area contributed by atoms with Crippen molar-refractivity contribution in [1.82, 2.24) is 14.8 Å². The van der Waals surface area contributed by atoms with Crippen LogP contribution in [0, 0.1) is 0 Å². The number of hydrogen-bond donors (Lipinski definition) is 1. The lowest BCUT2D eigenvalue weighted by molar-refractivity contribution is 0.199. The van der Waals surface area contributed by atoms with Gasteiger partial charge in [-0.15, -0.1) is 10.2 Å². The highest BCUT2D eigenvalue weighted by Gasteiger charge is 2.03. The molecule has 0 fully saturated rings. The summed E-state index contributed by atoms with van der Waals surface area (Å²) in [7, 11) is 1.87. The highest BCUT2D eigenvalue weighted by Crippen LogP contribution is 2.17. The van der Waals surface area contributed by atoms with E-state index < -0.39 is 6.10 Å². The van der Waals surface area contributed by atoms with Crippen molar-refractivity contribution >= 4 is 0 Å². The van der Waals surface area contributed by atoms with E-state index >= 15 is 0 Å². The van der Waals surface area contributed by atoms with Crippen LogP contribution in [0.3, 0.4) is 0 Å². The summed E-state index contributed by atoms with van der Waals surface area (Å²) in [6.07, 6.45) is 1.18. The average molecular weight is 233 g/mol. The molecule has 0 radical (unpaired) electrons. The lowest BCUT2D eigenvalue weighted by atomic mass is 10.1. The largest absolute Gasteiger partial charge is 0.486 e. The number of hydrogen-bond acceptors (Lipinski definition) is 4. The number of aliphatic hydroxyl groups is 1. The zero-order valence-corrected chi connectivity index (χ0v) is 9.87. The summed E-state index contributed by atoms with van der Waals surface area (Å²) in [5.74, 6) is 1.52. The predicted octanol–water partition coefficient (Wildman–Crippen LogP) is 1.45. The molecule has 5 nitrogen and oxygen atoms in total. The zero-order valence-electron chi connectivity index (χ0n) is 9.87. The topological polar surface area (TPSA) is 60.2 Å². The van der Waals surface area contributed by atoms with Crippen molar-refractivity contribution in [2.75, 3.05) is 0 Å². The minimum atomic E-state index is -0.456. The fourth-order valence-electron chi connectivity index (χ4n) is 1.43. The predicted molar refractivity (Wildman–Crippen MR) is 62.4 cm³/mol. The Morgan fingerprint density at radius 2 is 2.06 bits per heavy atom. The van der Waals surface area contributed by atoms with E-state index in [9.17, 15) is 5.11 Å². The maximum Gasteiger partial charge on any atom is 0.170 e. The normalized spacial score (nSPS) is 12.4. The van der Waals surface area contributed by atoms with E-state index in [1.165, 1.54) is 0 Å².